The predicted molar refractivity (Wildman–Crippen MR) is 82.9 cm³/mol. The minimum atomic E-state index is -0.328. The first-order valence-electron chi connectivity index (χ1n) is 6.83. The molecule has 0 fully saturated rings. The van der Waals surface area contributed by atoms with E-state index in [0.717, 1.165) is 0 Å². The zero-order valence-corrected chi connectivity index (χ0v) is 12.5. The average Bonchev–Trinajstić information content (AvgIpc) is 2.46. The van der Waals surface area contributed by atoms with Crippen molar-refractivity contribution in [2.45, 2.75) is 13.5 Å². The van der Waals surface area contributed by atoms with Crippen LogP contribution in [-0.4, -0.2) is 23.8 Å². The second kappa shape index (κ2) is 6.85. The molecule has 5 heteroatoms. The number of carbonyl (C=O) groups excluding carboxylic acids is 2. The average molecular weight is 300 g/mol. The number of halogens is 1. The number of amides is 2. The number of anilines is 1. The molecule has 0 spiro atoms. The summed E-state index contributed by atoms with van der Waals surface area (Å²) < 4.78 is 13.2. The molecule has 2 rings (SSSR count). The Kier molecular flexibility index (Phi) is 4.88. The lowest BCUT2D eigenvalue weighted by Crippen LogP contribution is -2.26. The molecule has 0 saturated carbocycles. The van der Waals surface area contributed by atoms with Crippen LogP contribution in [0.4, 0.5) is 10.1 Å². The number of nitrogens with zero attached hydrogens (tertiary/aromatic N) is 1. The number of hydrogen-bond donors (Lipinski definition) is 1. The maximum Gasteiger partial charge on any atom is 0.253 e. The first-order chi connectivity index (χ1) is 10.5. The van der Waals surface area contributed by atoms with Gasteiger partial charge in [0.1, 0.15) is 5.82 Å². The van der Waals surface area contributed by atoms with Crippen molar-refractivity contribution in [2.24, 2.45) is 0 Å². The van der Waals surface area contributed by atoms with Crippen molar-refractivity contribution in [3.63, 3.8) is 0 Å². The summed E-state index contributed by atoms with van der Waals surface area (Å²) in [6, 6.07) is 12.8. The van der Waals surface area contributed by atoms with E-state index >= 15 is 0 Å². The van der Waals surface area contributed by atoms with Gasteiger partial charge in [0.2, 0.25) is 5.91 Å². The Morgan fingerprint density at radius 3 is 2.55 bits per heavy atom. The molecule has 0 unspecified atom stereocenters. The summed E-state index contributed by atoms with van der Waals surface area (Å²) in [6.45, 7) is 1.71. The molecule has 0 saturated heterocycles. The first-order valence-corrected chi connectivity index (χ1v) is 6.83. The second-order valence-electron chi connectivity index (χ2n) is 5.05. The summed E-state index contributed by atoms with van der Waals surface area (Å²) >= 11 is 0. The van der Waals surface area contributed by atoms with Crippen LogP contribution in [0.15, 0.2) is 48.5 Å². The molecule has 1 N–H and O–H groups in total. The minimum absolute atomic E-state index is 0.197. The fourth-order valence-corrected chi connectivity index (χ4v) is 2.13. The monoisotopic (exact) mass is 300 g/mol. The maximum absolute atomic E-state index is 13.2. The Balaban J connectivity index is 2.11. The summed E-state index contributed by atoms with van der Waals surface area (Å²) in [6.07, 6.45) is 0. The van der Waals surface area contributed by atoms with Gasteiger partial charge in [-0.15, -0.1) is 0 Å². The van der Waals surface area contributed by atoms with Crippen LogP contribution < -0.4 is 5.32 Å². The summed E-state index contributed by atoms with van der Waals surface area (Å²) in [5.74, 6) is -0.722. The quantitative estimate of drug-likeness (QED) is 0.943. The molecule has 0 aliphatic heterocycles. The molecule has 2 aromatic rings. The summed E-state index contributed by atoms with van der Waals surface area (Å²) in [4.78, 5) is 25.0. The number of nitrogens with one attached hydrogen (secondary N) is 1. The van der Waals surface area contributed by atoms with Crippen molar-refractivity contribution in [3.05, 3.63) is 65.5 Å². The molecule has 0 bridgehead atoms. The van der Waals surface area contributed by atoms with Crippen molar-refractivity contribution in [3.8, 4) is 0 Å². The Labute approximate surface area is 128 Å². The second-order valence-corrected chi connectivity index (χ2v) is 5.05. The molecule has 0 aliphatic rings. The fourth-order valence-electron chi connectivity index (χ4n) is 2.13. The van der Waals surface area contributed by atoms with E-state index in [-0.39, 0.29) is 17.6 Å². The third-order valence-corrected chi connectivity index (χ3v) is 3.09. The van der Waals surface area contributed by atoms with Gasteiger partial charge >= 0.3 is 0 Å². The highest BCUT2D eigenvalue weighted by molar-refractivity contribution is 5.96. The van der Waals surface area contributed by atoms with Gasteiger partial charge in [0, 0.05) is 31.8 Å². The van der Waals surface area contributed by atoms with Gasteiger partial charge < -0.3 is 10.2 Å². The largest absolute Gasteiger partial charge is 0.337 e. The van der Waals surface area contributed by atoms with Crippen LogP contribution in [-0.2, 0) is 11.3 Å². The highest BCUT2D eigenvalue weighted by atomic mass is 19.1. The van der Waals surface area contributed by atoms with Crippen molar-refractivity contribution in [1.29, 1.82) is 0 Å². The van der Waals surface area contributed by atoms with E-state index in [9.17, 15) is 14.0 Å². The van der Waals surface area contributed by atoms with Crippen LogP contribution in [0, 0.1) is 5.82 Å². The van der Waals surface area contributed by atoms with Gasteiger partial charge in [-0.2, -0.15) is 0 Å². The van der Waals surface area contributed by atoms with E-state index in [1.54, 1.807) is 43.4 Å². The summed E-state index contributed by atoms with van der Waals surface area (Å²) in [5.41, 5.74) is 1.75. The lowest BCUT2D eigenvalue weighted by Gasteiger charge is -2.18. The molecule has 22 heavy (non-hydrogen) atoms. The first kappa shape index (κ1) is 15.7. The van der Waals surface area contributed by atoms with E-state index < -0.39 is 0 Å². The van der Waals surface area contributed by atoms with Crippen molar-refractivity contribution in [2.75, 3.05) is 12.4 Å². The van der Waals surface area contributed by atoms with Crippen LogP contribution in [0.3, 0.4) is 0 Å². The molecule has 0 radical (unpaired) electrons. The molecule has 4 nitrogen and oxygen atoms in total. The Morgan fingerprint density at radius 1 is 1.14 bits per heavy atom. The Bertz CT molecular complexity index is 701. The van der Waals surface area contributed by atoms with Crippen LogP contribution in [0.25, 0.3) is 0 Å². The standard InChI is InChI=1S/C17H17FN2O2/c1-12(21)19-16-8-4-6-14(10-16)17(22)20(2)11-13-5-3-7-15(18)9-13/h3-10H,11H2,1-2H3,(H,19,21). The van der Waals surface area contributed by atoms with Crippen molar-refractivity contribution < 1.29 is 14.0 Å². The van der Waals surface area contributed by atoms with E-state index in [0.29, 0.717) is 23.4 Å². The molecule has 0 aliphatic carbocycles. The molecular weight excluding hydrogens is 283 g/mol. The molecule has 0 heterocycles. The van der Waals surface area contributed by atoms with Crippen LogP contribution >= 0.6 is 0 Å². The lowest BCUT2D eigenvalue weighted by atomic mass is 10.1. The van der Waals surface area contributed by atoms with E-state index in [1.165, 1.54) is 24.0 Å². The summed E-state index contributed by atoms with van der Waals surface area (Å²) in [5, 5.41) is 2.64. The number of rotatable bonds is 4. The highest BCUT2D eigenvalue weighted by Crippen LogP contribution is 2.14. The zero-order valence-electron chi connectivity index (χ0n) is 12.5. The number of carbonyl (C=O) groups is 2. The van der Waals surface area contributed by atoms with Crippen LogP contribution in [0.1, 0.15) is 22.8 Å². The smallest absolute Gasteiger partial charge is 0.253 e. The van der Waals surface area contributed by atoms with Crippen molar-refractivity contribution >= 4 is 17.5 Å². The van der Waals surface area contributed by atoms with Crippen molar-refractivity contribution in [1.82, 2.24) is 4.90 Å². The Morgan fingerprint density at radius 2 is 1.86 bits per heavy atom. The third kappa shape index (κ3) is 4.15. The van der Waals surface area contributed by atoms with Crippen LogP contribution in [0.5, 0.6) is 0 Å². The van der Waals surface area contributed by atoms with Crippen LogP contribution in [0.2, 0.25) is 0 Å². The molecule has 0 atom stereocenters. The Hall–Kier alpha value is -2.69. The normalized spacial score (nSPS) is 10.1. The minimum Gasteiger partial charge on any atom is -0.337 e. The molecule has 0 aromatic heterocycles. The van der Waals surface area contributed by atoms with Gasteiger partial charge in [0.05, 0.1) is 0 Å². The topological polar surface area (TPSA) is 49.4 Å². The van der Waals surface area contributed by atoms with Gasteiger partial charge in [-0.05, 0) is 35.9 Å². The highest BCUT2D eigenvalue weighted by Gasteiger charge is 2.13. The summed E-state index contributed by atoms with van der Waals surface area (Å²) in [7, 11) is 1.65. The van der Waals surface area contributed by atoms with Gasteiger partial charge in [0.25, 0.3) is 5.91 Å². The molecule has 2 aromatic carbocycles. The fraction of sp³-hybridized carbons (Fsp3) is 0.176. The number of hydrogen-bond acceptors (Lipinski definition) is 2. The molecule has 2 amide bonds. The SMILES string of the molecule is CC(=O)Nc1cccc(C(=O)N(C)Cc2cccc(F)c2)c1. The predicted octanol–water partition coefficient (Wildman–Crippen LogP) is 3.06. The third-order valence-electron chi connectivity index (χ3n) is 3.09. The lowest BCUT2D eigenvalue weighted by molar-refractivity contribution is -0.114. The number of benzene rings is 2. The van der Waals surface area contributed by atoms with Gasteiger partial charge in [-0.1, -0.05) is 18.2 Å². The maximum atomic E-state index is 13.2. The van der Waals surface area contributed by atoms with Gasteiger partial charge in [0.15, 0.2) is 0 Å². The van der Waals surface area contributed by atoms with E-state index in [2.05, 4.69) is 5.32 Å². The van der Waals surface area contributed by atoms with Gasteiger partial charge in [-0.3, -0.25) is 9.59 Å². The zero-order chi connectivity index (χ0) is 16.1. The van der Waals surface area contributed by atoms with E-state index in [4.69, 9.17) is 0 Å². The van der Waals surface area contributed by atoms with Gasteiger partial charge in [-0.25, -0.2) is 4.39 Å². The van der Waals surface area contributed by atoms with E-state index in [1.807, 2.05) is 0 Å². The molecule has 114 valence electrons. The molecular formula is C17H17FN2O2.